The minimum absolute atomic E-state index is 0.627. The number of aromatic nitrogens is 2. The van der Waals surface area contributed by atoms with E-state index in [4.69, 9.17) is 9.40 Å². The fourth-order valence-electron chi connectivity index (χ4n) is 7.46. The van der Waals surface area contributed by atoms with Crippen LogP contribution in [0.15, 0.2) is 192 Å². The van der Waals surface area contributed by atoms with Crippen LogP contribution in [0.4, 0.5) is 17.1 Å². The standard InChI is InChI=1S/C47H31N3O/c1-4-14-32(15-5-1)38-20-10-12-22-43(38)49(36-25-27-39-34(30-36)24-29-42-46(39)51-47(48-42)33-16-6-2-7-17-33)37-26-28-41-40-21-11-13-23-44(40)50(45(41)31-37)35-18-8-3-9-19-35/h1-31H. The second-order valence-electron chi connectivity index (χ2n) is 12.8. The van der Waals surface area contributed by atoms with Crippen molar-refractivity contribution >= 4 is 60.7 Å². The zero-order chi connectivity index (χ0) is 33.7. The number of fused-ring (bicyclic) bond motifs is 6. The van der Waals surface area contributed by atoms with E-state index < -0.39 is 0 Å². The van der Waals surface area contributed by atoms with E-state index in [9.17, 15) is 0 Å². The molecule has 0 unspecified atom stereocenters. The minimum Gasteiger partial charge on any atom is -0.435 e. The van der Waals surface area contributed by atoms with Gasteiger partial charge in [0.25, 0.3) is 0 Å². The molecule has 4 heteroatoms. The van der Waals surface area contributed by atoms with Crippen LogP contribution < -0.4 is 4.90 Å². The molecular formula is C47H31N3O. The number of benzene rings is 8. The lowest BCUT2D eigenvalue weighted by Gasteiger charge is -2.28. The van der Waals surface area contributed by atoms with Gasteiger partial charge in [0.05, 0.1) is 16.7 Å². The molecule has 0 saturated carbocycles. The third-order valence-corrected chi connectivity index (χ3v) is 9.79. The molecule has 10 aromatic rings. The highest BCUT2D eigenvalue weighted by atomic mass is 16.3. The largest absolute Gasteiger partial charge is 0.435 e. The molecule has 10 rings (SSSR count). The molecule has 0 spiro atoms. The first-order chi connectivity index (χ1) is 25.3. The van der Waals surface area contributed by atoms with Crippen molar-refractivity contribution in [3.05, 3.63) is 188 Å². The van der Waals surface area contributed by atoms with Crippen LogP contribution in [0, 0.1) is 0 Å². The third kappa shape index (κ3) is 4.88. The number of hydrogen-bond acceptors (Lipinski definition) is 3. The average molecular weight is 654 g/mol. The molecule has 2 aromatic heterocycles. The van der Waals surface area contributed by atoms with Gasteiger partial charge in [-0.15, -0.1) is 0 Å². The maximum atomic E-state index is 6.42. The summed E-state index contributed by atoms with van der Waals surface area (Å²) >= 11 is 0. The van der Waals surface area contributed by atoms with Crippen molar-refractivity contribution in [2.75, 3.05) is 4.90 Å². The van der Waals surface area contributed by atoms with Gasteiger partial charge in [-0.1, -0.05) is 115 Å². The summed E-state index contributed by atoms with van der Waals surface area (Å²) in [7, 11) is 0. The predicted octanol–water partition coefficient (Wildman–Crippen LogP) is 12.9. The summed E-state index contributed by atoms with van der Waals surface area (Å²) < 4.78 is 8.79. The molecule has 8 aromatic carbocycles. The Morgan fingerprint density at radius 2 is 1.10 bits per heavy atom. The molecular weight excluding hydrogens is 623 g/mol. The van der Waals surface area contributed by atoms with Crippen molar-refractivity contribution < 1.29 is 4.42 Å². The van der Waals surface area contributed by atoms with Crippen LogP contribution in [0.1, 0.15) is 0 Å². The van der Waals surface area contributed by atoms with Crippen LogP contribution in [0.25, 0.3) is 71.9 Å². The van der Waals surface area contributed by atoms with Crippen molar-refractivity contribution in [1.82, 2.24) is 9.55 Å². The first kappa shape index (κ1) is 29.0. The summed E-state index contributed by atoms with van der Waals surface area (Å²) in [6, 6.07) is 66.4. The lowest BCUT2D eigenvalue weighted by Crippen LogP contribution is -2.11. The molecule has 4 nitrogen and oxygen atoms in total. The van der Waals surface area contributed by atoms with E-state index in [1.54, 1.807) is 0 Å². The Hall–Kier alpha value is -6.91. The van der Waals surface area contributed by atoms with Crippen molar-refractivity contribution in [1.29, 1.82) is 0 Å². The van der Waals surface area contributed by atoms with Gasteiger partial charge < -0.3 is 13.9 Å². The summed E-state index contributed by atoms with van der Waals surface area (Å²) in [6.45, 7) is 0. The Bertz CT molecular complexity index is 2850. The topological polar surface area (TPSA) is 34.2 Å². The van der Waals surface area contributed by atoms with Crippen molar-refractivity contribution in [2.24, 2.45) is 0 Å². The van der Waals surface area contributed by atoms with E-state index in [-0.39, 0.29) is 0 Å². The molecule has 0 aliphatic carbocycles. The normalized spacial score (nSPS) is 11.5. The van der Waals surface area contributed by atoms with Gasteiger partial charge in [0, 0.05) is 44.3 Å². The van der Waals surface area contributed by atoms with E-state index >= 15 is 0 Å². The average Bonchev–Trinajstić information content (AvgIpc) is 3.79. The van der Waals surface area contributed by atoms with E-state index in [1.165, 1.54) is 16.3 Å². The number of nitrogens with zero attached hydrogens (tertiary/aromatic N) is 3. The third-order valence-electron chi connectivity index (χ3n) is 9.79. The molecule has 240 valence electrons. The van der Waals surface area contributed by atoms with E-state index in [0.717, 1.165) is 66.8 Å². The molecule has 0 aliphatic heterocycles. The Kier molecular flexibility index (Phi) is 6.78. The van der Waals surface area contributed by atoms with Gasteiger partial charge in [0.2, 0.25) is 5.89 Å². The predicted molar refractivity (Wildman–Crippen MR) is 211 cm³/mol. The lowest BCUT2D eigenvalue weighted by molar-refractivity contribution is 0.623. The summed E-state index contributed by atoms with van der Waals surface area (Å²) in [4.78, 5) is 7.21. The molecule has 0 radical (unpaired) electrons. The Morgan fingerprint density at radius 1 is 0.471 bits per heavy atom. The van der Waals surface area contributed by atoms with E-state index in [0.29, 0.717) is 5.89 Å². The second-order valence-corrected chi connectivity index (χ2v) is 12.8. The second kappa shape index (κ2) is 11.9. The molecule has 0 N–H and O–H groups in total. The van der Waals surface area contributed by atoms with Crippen molar-refractivity contribution in [3.63, 3.8) is 0 Å². The van der Waals surface area contributed by atoms with Gasteiger partial charge in [-0.3, -0.25) is 0 Å². The summed E-state index contributed by atoms with van der Waals surface area (Å²) in [5, 5.41) is 4.56. The summed E-state index contributed by atoms with van der Waals surface area (Å²) in [5.74, 6) is 0.627. The zero-order valence-corrected chi connectivity index (χ0v) is 27.6. The van der Waals surface area contributed by atoms with Gasteiger partial charge in [0.15, 0.2) is 5.58 Å². The Morgan fingerprint density at radius 3 is 1.90 bits per heavy atom. The molecule has 0 atom stereocenters. The molecule has 0 aliphatic rings. The molecule has 2 heterocycles. The van der Waals surface area contributed by atoms with Gasteiger partial charge in [0.1, 0.15) is 5.52 Å². The molecule has 0 fully saturated rings. The molecule has 0 saturated heterocycles. The number of anilines is 3. The zero-order valence-electron chi connectivity index (χ0n) is 27.6. The van der Waals surface area contributed by atoms with Crippen LogP contribution in [-0.4, -0.2) is 9.55 Å². The van der Waals surface area contributed by atoms with Gasteiger partial charge in [-0.05, 0) is 83.7 Å². The van der Waals surface area contributed by atoms with Crippen molar-refractivity contribution in [2.45, 2.75) is 0 Å². The van der Waals surface area contributed by atoms with Crippen LogP contribution in [-0.2, 0) is 0 Å². The SMILES string of the molecule is c1ccc(-c2nc3ccc4cc(N(c5ccc6c7ccccc7n(-c7ccccc7)c6c5)c5ccccc5-c5ccccc5)ccc4c3o2)cc1. The maximum Gasteiger partial charge on any atom is 0.227 e. The highest BCUT2D eigenvalue weighted by Gasteiger charge is 2.21. The first-order valence-electron chi connectivity index (χ1n) is 17.2. The Labute approximate surface area is 295 Å². The fourth-order valence-corrected chi connectivity index (χ4v) is 7.46. The van der Waals surface area contributed by atoms with Gasteiger partial charge >= 0.3 is 0 Å². The highest BCUT2D eigenvalue weighted by molar-refractivity contribution is 6.11. The quantitative estimate of drug-likeness (QED) is 0.179. The highest BCUT2D eigenvalue weighted by Crippen LogP contribution is 2.44. The van der Waals surface area contributed by atoms with Crippen LogP contribution in [0.5, 0.6) is 0 Å². The maximum absolute atomic E-state index is 6.42. The summed E-state index contributed by atoms with van der Waals surface area (Å²) in [5.41, 5.74) is 11.6. The minimum atomic E-state index is 0.627. The fraction of sp³-hybridized carbons (Fsp3) is 0. The van der Waals surface area contributed by atoms with E-state index in [1.807, 2.05) is 30.3 Å². The number of para-hydroxylation sites is 3. The number of rotatable bonds is 6. The van der Waals surface area contributed by atoms with Gasteiger partial charge in [-0.25, -0.2) is 4.98 Å². The number of hydrogen-bond donors (Lipinski definition) is 0. The molecule has 51 heavy (non-hydrogen) atoms. The lowest BCUT2D eigenvalue weighted by atomic mass is 10.0. The monoisotopic (exact) mass is 653 g/mol. The van der Waals surface area contributed by atoms with Crippen molar-refractivity contribution in [3.8, 4) is 28.3 Å². The molecule has 0 amide bonds. The van der Waals surface area contributed by atoms with Crippen LogP contribution >= 0.6 is 0 Å². The van der Waals surface area contributed by atoms with Crippen LogP contribution in [0.2, 0.25) is 0 Å². The van der Waals surface area contributed by atoms with E-state index in [2.05, 4.69) is 167 Å². The smallest absolute Gasteiger partial charge is 0.227 e. The van der Waals surface area contributed by atoms with Gasteiger partial charge in [-0.2, -0.15) is 0 Å². The first-order valence-corrected chi connectivity index (χ1v) is 17.2. The number of oxazole rings is 1. The summed E-state index contributed by atoms with van der Waals surface area (Å²) in [6.07, 6.45) is 0. The van der Waals surface area contributed by atoms with Crippen LogP contribution in [0.3, 0.4) is 0 Å². The molecule has 0 bridgehead atoms. The Balaban J connectivity index is 1.21.